The van der Waals surface area contributed by atoms with Crippen molar-refractivity contribution in [2.24, 2.45) is 5.92 Å². The summed E-state index contributed by atoms with van der Waals surface area (Å²) in [5.41, 5.74) is 1.23. The Balaban J connectivity index is 2.70. The maximum Gasteiger partial charge on any atom is 0.303 e. The second-order valence-electron chi connectivity index (χ2n) is 5.83. The fourth-order valence-corrected chi connectivity index (χ4v) is 4.13. The Kier molecular flexibility index (Phi) is 9.98. The van der Waals surface area contributed by atoms with E-state index in [0.717, 1.165) is 25.7 Å². The molecule has 6 heteroatoms. The van der Waals surface area contributed by atoms with Gasteiger partial charge in [0.05, 0.1) is 0 Å². The Bertz CT molecular complexity index is 468. The maximum absolute atomic E-state index is 11.6. The van der Waals surface area contributed by atoms with Crippen LogP contribution in [0.5, 0.6) is 0 Å². The van der Waals surface area contributed by atoms with E-state index in [4.69, 9.17) is 14.6 Å². The van der Waals surface area contributed by atoms with Crippen molar-refractivity contribution in [2.75, 3.05) is 14.2 Å². The molecule has 0 aliphatic heterocycles. The second kappa shape index (κ2) is 11.4. The standard InChI is InChI=1S/C18H28O5S/c1-13(19)24-15-11-8-10-14(17(15)18(22-2)23-3)9-6-4-5-7-12-16(20)21/h4,6,10,15,17-18H,5,7-9,11-12H2,1-3H3,(H,20,21)/t15-,17+/m0/s1. The van der Waals surface area contributed by atoms with Crippen molar-refractivity contribution in [3.8, 4) is 0 Å². The number of carboxylic acid groups (broad SMARTS) is 1. The van der Waals surface area contributed by atoms with Crippen LogP contribution < -0.4 is 0 Å². The van der Waals surface area contributed by atoms with Crippen LogP contribution in [0.2, 0.25) is 0 Å². The predicted octanol–water partition coefficient (Wildman–Crippen LogP) is 3.79. The Labute approximate surface area is 148 Å². The number of carboxylic acids is 1. The number of carbonyl (C=O) groups excluding carboxylic acids is 1. The van der Waals surface area contributed by atoms with Crippen molar-refractivity contribution in [3.63, 3.8) is 0 Å². The van der Waals surface area contributed by atoms with E-state index < -0.39 is 5.97 Å². The summed E-state index contributed by atoms with van der Waals surface area (Å²) < 4.78 is 11.0. The largest absolute Gasteiger partial charge is 0.481 e. The smallest absolute Gasteiger partial charge is 0.303 e. The van der Waals surface area contributed by atoms with Crippen LogP contribution in [0.25, 0.3) is 0 Å². The lowest BCUT2D eigenvalue weighted by molar-refractivity contribution is -0.137. The van der Waals surface area contributed by atoms with E-state index in [1.54, 1.807) is 21.1 Å². The van der Waals surface area contributed by atoms with Crippen LogP contribution in [0, 0.1) is 5.92 Å². The molecule has 24 heavy (non-hydrogen) atoms. The molecule has 0 aromatic rings. The van der Waals surface area contributed by atoms with E-state index in [0.29, 0.717) is 6.42 Å². The monoisotopic (exact) mass is 356 g/mol. The topological polar surface area (TPSA) is 72.8 Å². The van der Waals surface area contributed by atoms with Gasteiger partial charge >= 0.3 is 5.97 Å². The average Bonchev–Trinajstić information content (AvgIpc) is 2.53. The molecule has 2 atom stereocenters. The maximum atomic E-state index is 11.6. The molecular formula is C18H28O5S. The zero-order valence-electron chi connectivity index (χ0n) is 14.7. The minimum absolute atomic E-state index is 0.0475. The lowest BCUT2D eigenvalue weighted by Crippen LogP contribution is -2.36. The van der Waals surface area contributed by atoms with Crippen LogP contribution in [0.4, 0.5) is 0 Å². The molecule has 0 bridgehead atoms. The van der Waals surface area contributed by atoms with Gasteiger partial charge in [0.1, 0.15) is 0 Å². The first-order valence-electron chi connectivity index (χ1n) is 8.28. The highest BCUT2D eigenvalue weighted by Crippen LogP contribution is 2.39. The minimum atomic E-state index is -0.759. The summed E-state index contributed by atoms with van der Waals surface area (Å²) in [5, 5.41) is 8.91. The van der Waals surface area contributed by atoms with Crippen LogP contribution in [-0.2, 0) is 19.1 Å². The highest BCUT2D eigenvalue weighted by atomic mass is 32.2. The van der Waals surface area contributed by atoms with Gasteiger partial charge in [-0.15, -0.1) is 0 Å². The number of carbonyl (C=O) groups is 2. The van der Waals surface area contributed by atoms with Crippen molar-refractivity contribution in [1.82, 2.24) is 0 Å². The summed E-state index contributed by atoms with van der Waals surface area (Å²) in [7, 11) is 3.25. The predicted molar refractivity (Wildman–Crippen MR) is 95.9 cm³/mol. The normalized spacial score (nSPS) is 21.2. The molecule has 0 radical (unpaired) electrons. The summed E-state index contributed by atoms with van der Waals surface area (Å²) in [6.45, 7) is 1.59. The minimum Gasteiger partial charge on any atom is -0.481 e. The van der Waals surface area contributed by atoms with E-state index in [-0.39, 0.29) is 29.0 Å². The zero-order chi connectivity index (χ0) is 17.9. The van der Waals surface area contributed by atoms with E-state index in [1.165, 1.54) is 17.3 Å². The van der Waals surface area contributed by atoms with Gasteiger partial charge in [-0.25, -0.2) is 0 Å². The van der Waals surface area contributed by atoms with Gasteiger partial charge in [0.15, 0.2) is 11.4 Å². The molecule has 0 fully saturated rings. The van der Waals surface area contributed by atoms with Gasteiger partial charge in [0, 0.05) is 38.7 Å². The van der Waals surface area contributed by atoms with Crippen LogP contribution in [0.1, 0.15) is 45.4 Å². The number of unbranched alkanes of at least 4 members (excludes halogenated alkanes) is 1. The number of ether oxygens (including phenoxy) is 2. The van der Waals surface area contributed by atoms with Gasteiger partial charge in [-0.3, -0.25) is 9.59 Å². The molecule has 0 aromatic heterocycles. The van der Waals surface area contributed by atoms with Crippen molar-refractivity contribution >= 4 is 22.8 Å². The molecule has 0 heterocycles. The fraction of sp³-hybridized carbons (Fsp3) is 0.667. The molecule has 0 aromatic carbocycles. The van der Waals surface area contributed by atoms with Crippen molar-refractivity contribution in [2.45, 2.75) is 57.0 Å². The number of methoxy groups -OCH3 is 2. The molecule has 1 aliphatic rings. The zero-order valence-corrected chi connectivity index (χ0v) is 15.5. The summed E-state index contributed by atoms with van der Waals surface area (Å²) in [6, 6.07) is 0. The fourth-order valence-electron chi connectivity index (χ4n) is 3.00. The number of rotatable bonds is 10. The first-order valence-corrected chi connectivity index (χ1v) is 9.16. The van der Waals surface area contributed by atoms with Crippen molar-refractivity contribution in [3.05, 3.63) is 23.8 Å². The lowest BCUT2D eigenvalue weighted by atomic mass is 9.84. The number of allylic oxidation sites excluding steroid dienone is 3. The number of hydrogen-bond acceptors (Lipinski definition) is 5. The Morgan fingerprint density at radius 3 is 2.67 bits per heavy atom. The van der Waals surface area contributed by atoms with Crippen molar-refractivity contribution in [1.29, 1.82) is 0 Å². The molecule has 1 rings (SSSR count). The highest BCUT2D eigenvalue weighted by molar-refractivity contribution is 8.14. The van der Waals surface area contributed by atoms with Gasteiger partial charge < -0.3 is 14.6 Å². The third-order valence-corrected chi connectivity index (χ3v) is 5.21. The van der Waals surface area contributed by atoms with E-state index in [9.17, 15) is 9.59 Å². The molecule has 0 spiro atoms. The van der Waals surface area contributed by atoms with Gasteiger partial charge in [0.2, 0.25) is 0 Å². The first-order chi connectivity index (χ1) is 11.5. The van der Waals surface area contributed by atoms with Crippen LogP contribution in [0.15, 0.2) is 23.8 Å². The summed E-state index contributed by atoms with van der Waals surface area (Å²) in [4.78, 5) is 22.0. The molecular weight excluding hydrogens is 328 g/mol. The van der Waals surface area contributed by atoms with E-state index in [1.807, 2.05) is 6.08 Å². The van der Waals surface area contributed by atoms with Gasteiger partial charge in [-0.2, -0.15) is 0 Å². The number of aliphatic carboxylic acids is 1. The van der Waals surface area contributed by atoms with Gasteiger partial charge in [-0.05, 0) is 32.1 Å². The van der Waals surface area contributed by atoms with Crippen molar-refractivity contribution < 1.29 is 24.2 Å². The van der Waals surface area contributed by atoms with E-state index >= 15 is 0 Å². The first kappa shape index (κ1) is 20.9. The summed E-state index contributed by atoms with van der Waals surface area (Å²) in [6.07, 6.45) is 10.2. The molecule has 0 saturated heterocycles. The van der Waals surface area contributed by atoms with E-state index in [2.05, 4.69) is 12.2 Å². The molecule has 1 N–H and O–H groups in total. The average molecular weight is 356 g/mol. The van der Waals surface area contributed by atoms with Crippen LogP contribution in [-0.4, -0.2) is 42.0 Å². The third kappa shape index (κ3) is 7.20. The Morgan fingerprint density at radius 1 is 1.38 bits per heavy atom. The highest BCUT2D eigenvalue weighted by Gasteiger charge is 2.35. The number of thioether (sulfide) groups is 1. The molecule has 0 unspecified atom stereocenters. The summed E-state index contributed by atoms with van der Waals surface area (Å²) >= 11 is 1.37. The van der Waals surface area contributed by atoms with Crippen LogP contribution in [0.3, 0.4) is 0 Å². The molecule has 1 aliphatic carbocycles. The number of hydrogen-bond donors (Lipinski definition) is 1. The molecule has 136 valence electrons. The Morgan fingerprint density at radius 2 is 2.08 bits per heavy atom. The van der Waals surface area contributed by atoms with Gasteiger partial charge in [-0.1, -0.05) is 35.6 Å². The molecule has 0 amide bonds. The second-order valence-corrected chi connectivity index (χ2v) is 7.25. The quantitative estimate of drug-likeness (QED) is 0.365. The van der Waals surface area contributed by atoms with Gasteiger partial charge in [0.25, 0.3) is 0 Å². The third-order valence-electron chi connectivity index (χ3n) is 4.04. The molecule has 0 saturated carbocycles. The summed E-state index contributed by atoms with van der Waals surface area (Å²) in [5.74, 6) is -0.711. The SMILES string of the molecule is COC(OC)[C@@H]1C(CC=CCCCC(=O)O)=CCC[C@@H]1SC(C)=O. The molecule has 5 nitrogen and oxygen atoms in total. The Hall–Kier alpha value is -1.11. The van der Waals surface area contributed by atoms with Crippen LogP contribution >= 0.6 is 11.8 Å². The lowest BCUT2D eigenvalue weighted by Gasteiger charge is -2.35.